The van der Waals surface area contributed by atoms with Gasteiger partial charge in [0, 0.05) is 37.8 Å². The number of tetrazole rings is 1. The van der Waals surface area contributed by atoms with Crippen molar-refractivity contribution < 1.29 is 9.59 Å². The zero-order chi connectivity index (χ0) is 20.1. The first kappa shape index (κ1) is 18.5. The van der Waals surface area contributed by atoms with E-state index in [1.54, 1.807) is 40.1 Å². The summed E-state index contributed by atoms with van der Waals surface area (Å²) in [6, 6.07) is 16.8. The molecule has 4 rings (SSSR count). The summed E-state index contributed by atoms with van der Waals surface area (Å²) in [5, 5.41) is 11.0. The lowest BCUT2D eigenvalue weighted by molar-refractivity contribution is -0.127. The maximum Gasteiger partial charge on any atom is 0.253 e. The minimum atomic E-state index is -0.0415. The average molecular weight is 388 g/mol. The molecule has 0 saturated carbocycles. The maximum atomic E-state index is 12.7. The molecule has 3 aromatic rings. The maximum absolute atomic E-state index is 12.7. The lowest BCUT2D eigenvalue weighted by Crippen LogP contribution is -2.50. The van der Waals surface area contributed by atoms with Gasteiger partial charge in [0.15, 0.2) is 0 Å². The Morgan fingerprint density at radius 1 is 0.862 bits per heavy atom. The number of carbonyl (C=O) groups is 2. The Hall–Kier alpha value is -3.81. The van der Waals surface area contributed by atoms with Crippen LogP contribution in [0, 0.1) is 0 Å². The van der Waals surface area contributed by atoms with Gasteiger partial charge in [0.1, 0.15) is 6.33 Å². The molecule has 29 heavy (non-hydrogen) atoms. The minimum Gasteiger partial charge on any atom is -0.336 e. The number of benzene rings is 2. The van der Waals surface area contributed by atoms with Gasteiger partial charge in [0.25, 0.3) is 5.91 Å². The zero-order valence-electron chi connectivity index (χ0n) is 15.8. The first-order valence-electron chi connectivity index (χ1n) is 9.35. The first-order chi connectivity index (χ1) is 14.2. The van der Waals surface area contributed by atoms with Gasteiger partial charge in [-0.1, -0.05) is 30.3 Å². The largest absolute Gasteiger partial charge is 0.336 e. The molecule has 0 aliphatic carbocycles. The van der Waals surface area contributed by atoms with Crippen molar-refractivity contribution in [3.05, 3.63) is 78.1 Å². The molecule has 1 aliphatic rings. The average Bonchev–Trinajstić information content (AvgIpc) is 3.33. The smallest absolute Gasteiger partial charge is 0.253 e. The number of aromatic nitrogens is 4. The van der Waals surface area contributed by atoms with Gasteiger partial charge in [0.2, 0.25) is 5.91 Å². The summed E-state index contributed by atoms with van der Waals surface area (Å²) >= 11 is 0. The number of hydrogen-bond acceptors (Lipinski definition) is 5. The van der Waals surface area contributed by atoms with Crippen molar-refractivity contribution in [3.63, 3.8) is 0 Å². The van der Waals surface area contributed by atoms with Crippen molar-refractivity contribution in [3.8, 4) is 5.69 Å². The quantitative estimate of drug-likeness (QED) is 0.635. The third-order valence-corrected chi connectivity index (χ3v) is 4.82. The van der Waals surface area contributed by atoms with Crippen LogP contribution in [-0.2, 0) is 4.79 Å². The molecule has 0 bridgehead atoms. The molecular weight excluding hydrogens is 368 g/mol. The second-order valence-electron chi connectivity index (χ2n) is 6.66. The number of nitrogens with zero attached hydrogens (tertiary/aromatic N) is 6. The highest BCUT2D eigenvalue weighted by atomic mass is 16.2. The van der Waals surface area contributed by atoms with E-state index in [0.29, 0.717) is 31.7 Å². The van der Waals surface area contributed by atoms with Gasteiger partial charge in [-0.3, -0.25) is 9.59 Å². The van der Waals surface area contributed by atoms with Crippen LogP contribution in [0.3, 0.4) is 0 Å². The third-order valence-electron chi connectivity index (χ3n) is 4.82. The standard InChI is InChI=1S/C21H20N6O2/c28-20(11-6-17-4-2-1-3-5-17)25-12-14-26(15-13-25)21(29)18-7-9-19(10-8-18)27-16-22-23-24-27/h1-11,16H,12-15H2. The fraction of sp³-hybridized carbons (Fsp3) is 0.190. The Morgan fingerprint density at radius 3 is 2.21 bits per heavy atom. The van der Waals surface area contributed by atoms with Crippen molar-refractivity contribution in [1.82, 2.24) is 30.0 Å². The van der Waals surface area contributed by atoms with Gasteiger partial charge >= 0.3 is 0 Å². The molecule has 1 aromatic heterocycles. The SMILES string of the molecule is O=C(C=Cc1ccccc1)N1CCN(C(=O)c2ccc(-n3cnnn3)cc2)CC1. The fourth-order valence-electron chi connectivity index (χ4n) is 3.19. The van der Waals surface area contributed by atoms with Crippen LogP contribution in [0.4, 0.5) is 0 Å². The Labute approximate surface area is 168 Å². The molecule has 1 saturated heterocycles. The van der Waals surface area contributed by atoms with Gasteiger partial charge < -0.3 is 9.80 Å². The van der Waals surface area contributed by atoms with Crippen molar-refractivity contribution >= 4 is 17.9 Å². The van der Waals surface area contributed by atoms with Gasteiger partial charge in [-0.15, -0.1) is 5.10 Å². The predicted molar refractivity (Wildman–Crippen MR) is 107 cm³/mol. The summed E-state index contributed by atoms with van der Waals surface area (Å²) in [6.45, 7) is 2.07. The van der Waals surface area contributed by atoms with Gasteiger partial charge in [-0.25, -0.2) is 4.68 Å². The molecule has 2 heterocycles. The van der Waals surface area contributed by atoms with E-state index in [1.807, 2.05) is 36.4 Å². The number of piperazine rings is 1. The number of amides is 2. The second-order valence-corrected chi connectivity index (χ2v) is 6.66. The van der Waals surface area contributed by atoms with Crippen molar-refractivity contribution in [1.29, 1.82) is 0 Å². The molecule has 0 atom stereocenters. The van der Waals surface area contributed by atoms with Crippen molar-refractivity contribution in [2.24, 2.45) is 0 Å². The van der Waals surface area contributed by atoms with E-state index in [2.05, 4.69) is 15.5 Å². The van der Waals surface area contributed by atoms with Crippen LogP contribution in [0.25, 0.3) is 11.8 Å². The summed E-state index contributed by atoms with van der Waals surface area (Å²) in [5.74, 6) is -0.0769. The molecule has 2 aromatic carbocycles. The van der Waals surface area contributed by atoms with Gasteiger partial charge in [-0.05, 0) is 46.3 Å². The highest BCUT2D eigenvalue weighted by molar-refractivity contribution is 5.95. The Balaban J connectivity index is 1.32. The van der Waals surface area contributed by atoms with Gasteiger partial charge in [-0.2, -0.15) is 0 Å². The van der Waals surface area contributed by atoms with Crippen LogP contribution in [0.1, 0.15) is 15.9 Å². The van der Waals surface area contributed by atoms with Crippen LogP contribution < -0.4 is 0 Å². The van der Waals surface area contributed by atoms with Gasteiger partial charge in [0.05, 0.1) is 5.69 Å². The first-order valence-corrected chi connectivity index (χ1v) is 9.35. The van der Waals surface area contributed by atoms with E-state index in [-0.39, 0.29) is 11.8 Å². The lowest BCUT2D eigenvalue weighted by atomic mass is 10.1. The molecule has 1 fully saturated rings. The Morgan fingerprint density at radius 2 is 1.55 bits per heavy atom. The topological polar surface area (TPSA) is 84.2 Å². The Kier molecular flexibility index (Phi) is 5.42. The van der Waals surface area contributed by atoms with E-state index in [4.69, 9.17) is 0 Å². The molecular formula is C21H20N6O2. The normalized spacial score (nSPS) is 14.3. The second kappa shape index (κ2) is 8.47. The predicted octanol–water partition coefficient (Wildman–Crippen LogP) is 1.66. The summed E-state index contributed by atoms with van der Waals surface area (Å²) in [5.41, 5.74) is 2.37. The number of rotatable bonds is 4. The molecule has 2 amide bonds. The van der Waals surface area contributed by atoms with E-state index in [0.717, 1.165) is 11.3 Å². The summed E-state index contributed by atoms with van der Waals surface area (Å²) in [7, 11) is 0. The zero-order valence-corrected chi connectivity index (χ0v) is 15.8. The van der Waals surface area contributed by atoms with Crippen molar-refractivity contribution in [2.75, 3.05) is 26.2 Å². The summed E-state index contributed by atoms with van der Waals surface area (Å²) < 4.78 is 1.53. The van der Waals surface area contributed by atoms with Crippen LogP contribution in [0.5, 0.6) is 0 Å². The Bertz CT molecular complexity index is 991. The van der Waals surface area contributed by atoms with Crippen molar-refractivity contribution in [2.45, 2.75) is 0 Å². The molecule has 0 radical (unpaired) electrons. The molecule has 0 N–H and O–H groups in total. The van der Waals surface area contributed by atoms with E-state index < -0.39 is 0 Å². The van der Waals surface area contributed by atoms with E-state index >= 15 is 0 Å². The third kappa shape index (κ3) is 4.37. The van der Waals surface area contributed by atoms with E-state index in [1.165, 1.54) is 11.0 Å². The molecule has 146 valence electrons. The molecule has 8 heteroatoms. The number of carbonyl (C=O) groups excluding carboxylic acids is 2. The summed E-state index contributed by atoms with van der Waals surface area (Å²) in [4.78, 5) is 28.7. The highest BCUT2D eigenvalue weighted by Crippen LogP contribution is 2.13. The molecule has 0 unspecified atom stereocenters. The van der Waals surface area contributed by atoms with E-state index in [9.17, 15) is 9.59 Å². The van der Waals surface area contributed by atoms with Crippen LogP contribution in [-0.4, -0.2) is 68.0 Å². The molecule has 8 nitrogen and oxygen atoms in total. The summed E-state index contributed by atoms with van der Waals surface area (Å²) in [6.07, 6.45) is 4.90. The van der Waals surface area contributed by atoms with Crippen LogP contribution in [0.2, 0.25) is 0 Å². The van der Waals surface area contributed by atoms with Crippen LogP contribution in [0.15, 0.2) is 67.0 Å². The molecule has 1 aliphatic heterocycles. The number of hydrogen-bond donors (Lipinski definition) is 0. The minimum absolute atomic E-state index is 0.0354. The lowest BCUT2D eigenvalue weighted by Gasteiger charge is -2.34. The highest BCUT2D eigenvalue weighted by Gasteiger charge is 2.23. The monoisotopic (exact) mass is 388 g/mol. The molecule has 0 spiro atoms. The fourth-order valence-corrected chi connectivity index (χ4v) is 3.19. The van der Waals surface area contributed by atoms with Crippen LogP contribution >= 0.6 is 0 Å².